The third-order valence-corrected chi connectivity index (χ3v) is 7.32. The highest BCUT2D eigenvalue weighted by Crippen LogP contribution is 2.34. The standard InChI is InChI=1S/C27H29F3N10O2/c1-27(2,42)23(28)14-33-25(41)19-13-32-21(22-8-7-18-9-15(11-31)12-34-39(18)22)10-20(19)35-17-5-3-16(4-6-17)24-36-38-40(37-24)26(29)30/h7-10,12-13,16-17,23,26,42H,3-6,14H2,1-2H3,(H,32,35)(H,33,41)/t16?,17?,23-/m1/s1. The largest absolute Gasteiger partial charge is 0.387 e. The Bertz CT molecular complexity index is 1620. The number of rotatable bonds is 9. The Morgan fingerprint density at radius 1 is 1.19 bits per heavy atom. The van der Waals surface area contributed by atoms with E-state index in [0.717, 1.165) is 0 Å². The fourth-order valence-corrected chi connectivity index (χ4v) is 4.88. The molecular weight excluding hydrogens is 553 g/mol. The maximum absolute atomic E-state index is 14.4. The minimum Gasteiger partial charge on any atom is -0.387 e. The Hall–Kier alpha value is -4.58. The first-order valence-electron chi connectivity index (χ1n) is 13.4. The van der Waals surface area contributed by atoms with Crippen LogP contribution in [0.5, 0.6) is 0 Å². The number of fused-ring (bicyclic) bond motifs is 1. The number of nitrogens with one attached hydrogen (secondary N) is 2. The third kappa shape index (κ3) is 6.18. The second-order valence-corrected chi connectivity index (χ2v) is 10.8. The number of hydrogen-bond donors (Lipinski definition) is 3. The zero-order chi connectivity index (χ0) is 30.0. The van der Waals surface area contributed by atoms with Crippen LogP contribution in [0.4, 0.5) is 18.9 Å². The van der Waals surface area contributed by atoms with Crippen LogP contribution in [0.3, 0.4) is 0 Å². The van der Waals surface area contributed by atoms with Crippen LogP contribution in [0.25, 0.3) is 16.9 Å². The fourth-order valence-electron chi connectivity index (χ4n) is 4.88. The molecular formula is C27H29F3N10O2. The van der Waals surface area contributed by atoms with Crippen molar-refractivity contribution in [3.63, 3.8) is 0 Å². The number of pyridine rings is 1. The van der Waals surface area contributed by atoms with Gasteiger partial charge in [0.25, 0.3) is 5.91 Å². The van der Waals surface area contributed by atoms with Gasteiger partial charge in [-0.3, -0.25) is 9.78 Å². The first-order valence-corrected chi connectivity index (χ1v) is 13.4. The van der Waals surface area contributed by atoms with Crippen molar-refractivity contribution >= 4 is 17.1 Å². The third-order valence-electron chi connectivity index (χ3n) is 7.32. The molecule has 0 unspecified atom stereocenters. The summed E-state index contributed by atoms with van der Waals surface area (Å²) in [5.74, 6) is -0.410. The molecule has 4 heterocycles. The second kappa shape index (κ2) is 11.7. The van der Waals surface area contributed by atoms with Crippen LogP contribution in [0, 0.1) is 11.3 Å². The van der Waals surface area contributed by atoms with E-state index in [2.05, 4.69) is 42.2 Å². The van der Waals surface area contributed by atoms with E-state index in [1.54, 1.807) is 28.8 Å². The van der Waals surface area contributed by atoms with Crippen molar-refractivity contribution in [2.45, 2.75) is 69.8 Å². The summed E-state index contributed by atoms with van der Waals surface area (Å²) < 4.78 is 41.7. The molecule has 220 valence electrons. The van der Waals surface area contributed by atoms with Crippen molar-refractivity contribution in [1.29, 1.82) is 5.26 Å². The van der Waals surface area contributed by atoms with Gasteiger partial charge in [0.15, 0.2) is 5.82 Å². The van der Waals surface area contributed by atoms with E-state index in [1.807, 2.05) is 0 Å². The highest BCUT2D eigenvalue weighted by Gasteiger charge is 2.29. The SMILES string of the molecule is CC(C)(O)[C@H](F)CNC(=O)c1cnc(-c2ccc3cc(C#N)cnn23)cc1NC1CCC(c2nnn(C(F)F)n2)CC1. The van der Waals surface area contributed by atoms with Gasteiger partial charge in [0.1, 0.15) is 12.2 Å². The van der Waals surface area contributed by atoms with E-state index < -0.39 is 30.8 Å². The molecule has 0 aliphatic heterocycles. The zero-order valence-electron chi connectivity index (χ0n) is 22.9. The predicted octanol–water partition coefficient (Wildman–Crippen LogP) is 3.63. The minimum atomic E-state index is -2.85. The lowest BCUT2D eigenvalue weighted by atomic mass is 9.85. The number of carbonyl (C=O) groups is 1. The number of nitrogens with zero attached hydrogens (tertiary/aromatic N) is 8. The van der Waals surface area contributed by atoms with Crippen LogP contribution in [0.2, 0.25) is 0 Å². The number of aromatic nitrogens is 7. The molecule has 4 aromatic rings. The summed E-state index contributed by atoms with van der Waals surface area (Å²) >= 11 is 0. The molecule has 15 heteroatoms. The number of tetrazole rings is 1. The molecule has 1 saturated carbocycles. The van der Waals surface area contributed by atoms with E-state index in [4.69, 9.17) is 0 Å². The zero-order valence-corrected chi connectivity index (χ0v) is 22.9. The molecule has 0 aromatic carbocycles. The minimum absolute atomic E-state index is 0.0705. The van der Waals surface area contributed by atoms with Gasteiger partial charge in [-0.2, -0.15) is 19.1 Å². The quantitative estimate of drug-likeness (QED) is 0.268. The Morgan fingerprint density at radius 3 is 2.62 bits per heavy atom. The number of anilines is 1. The van der Waals surface area contributed by atoms with Crippen molar-refractivity contribution in [3.05, 3.63) is 53.6 Å². The smallest absolute Gasteiger partial charge is 0.350 e. The number of aliphatic hydroxyl groups is 1. The number of nitriles is 1. The molecule has 42 heavy (non-hydrogen) atoms. The summed E-state index contributed by atoms with van der Waals surface area (Å²) in [6.07, 6.45) is 3.68. The summed E-state index contributed by atoms with van der Waals surface area (Å²) in [5.41, 5.74) is 1.27. The fraction of sp³-hybridized carbons (Fsp3) is 0.444. The molecule has 1 amide bonds. The lowest BCUT2D eigenvalue weighted by molar-refractivity contribution is -0.00178. The summed E-state index contributed by atoms with van der Waals surface area (Å²) in [6.45, 7) is -0.604. The first-order chi connectivity index (χ1) is 20.0. The Morgan fingerprint density at radius 2 is 1.95 bits per heavy atom. The maximum Gasteiger partial charge on any atom is 0.350 e. The van der Waals surface area contributed by atoms with E-state index >= 15 is 0 Å². The number of amides is 1. The van der Waals surface area contributed by atoms with Crippen molar-refractivity contribution < 1.29 is 23.1 Å². The van der Waals surface area contributed by atoms with Gasteiger partial charge >= 0.3 is 6.55 Å². The van der Waals surface area contributed by atoms with Gasteiger partial charge in [-0.05, 0) is 69.0 Å². The molecule has 1 aliphatic rings. The van der Waals surface area contributed by atoms with Gasteiger partial charge in [0.2, 0.25) is 0 Å². The van der Waals surface area contributed by atoms with E-state index in [0.29, 0.717) is 58.6 Å². The summed E-state index contributed by atoms with van der Waals surface area (Å²) in [5, 5.41) is 40.4. The molecule has 0 saturated heterocycles. The lowest BCUT2D eigenvalue weighted by Gasteiger charge is -2.29. The van der Waals surface area contributed by atoms with Gasteiger partial charge < -0.3 is 15.7 Å². The van der Waals surface area contributed by atoms with Gasteiger partial charge in [-0.1, -0.05) is 4.80 Å². The molecule has 1 atom stereocenters. The Kier molecular flexibility index (Phi) is 8.08. The topological polar surface area (TPSA) is 159 Å². The van der Waals surface area contributed by atoms with Crippen LogP contribution in [0.1, 0.15) is 73.7 Å². The van der Waals surface area contributed by atoms with Crippen molar-refractivity contribution in [3.8, 4) is 17.5 Å². The number of halogens is 3. The molecule has 1 fully saturated rings. The number of alkyl halides is 3. The van der Waals surface area contributed by atoms with E-state index in [1.165, 1.54) is 26.2 Å². The van der Waals surface area contributed by atoms with Gasteiger partial charge in [-0.25, -0.2) is 8.91 Å². The van der Waals surface area contributed by atoms with Crippen molar-refractivity contribution in [2.75, 3.05) is 11.9 Å². The average Bonchev–Trinajstić information content (AvgIpc) is 3.63. The number of hydrogen-bond acceptors (Lipinski definition) is 9. The Labute approximate surface area is 238 Å². The van der Waals surface area contributed by atoms with Gasteiger partial charge in [-0.15, -0.1) is 10.2 Å². The summed E-state index contributed by atoms with van der Waals surface area (Å²) in [4.78, 5) is 17.9. The van der Waals surface area contributed by atoms with E-state index in [9.17, 15) is 28.3 Å². The second-order valence-electron chi connectivity index (χ2n) is 10.8. The van der Waals surface area contributed by atoms with Crippen LogP contribution in [-0.4, -0.2) is 70.2 Å². The lowest BCUT2D eigenvalue weighted by Crippen LogP contribution is -2.42. The Balaban J connectivity index is 1.38. The van der Waals surface area contributed by atoms with Crippen LogP contribution >= 0.6 is 0 Å². The van der Waals surface area contributed by atoms with Crippen molar-refractivity contribution in [1.82, 2.24) is 40.1 Å². The van der Waals surface area contributed by atoms with Gasteiger partial charge in [0.05, 0.1) is 52.1 Å². The molecule has 0 radical (unpaired) electrons. The first kappa shape index (κ1) is 28.9. The molecule has 0 bridgehead atoms. The highest BCUT2D eigenvalue weighted by atomic mass is 19.3. The maximum atomic E-state index is 14.4. The molecule has 5 rings (SSSR count). The van der Waals surface area contributed by atoms with Crippen molar-refractivity contribution in [2.24, 2.45) is 0 Å². The highest BCUT2D eigenvalue weighted by molar-refractivity contribution is 6.00. The molecule has 3 N–H and O–H groups in total. The molecule has 12 nitrogen and oxygen atoms in total. The molecule has 1 aliphatic carbocycles. The van der Waals surface area contributed by atoms with Crippen LogP contribution < -0.4 is 10.6 Å². The average molecular weight is 583 g/mol. The summed E-state index contributed by atoms with van der Waals surface area (Å²) in [6, 6.07) is 9.00. The molecule has 4 aromatic heterocycles. The van der Waals surface area contributed by atoms with Crippen LogP contribution in [-0.2, 0) is 0 Å². The normalized spacial score (nSPS) is 18.1. The number of carbonyl (C=O) groups excluding carboxylic acids is 1. The molecule has 0 spiro atoms. The predicted molar refractivity (Wildman–Crippen MR) is 144 cm³/mol. The van der Waals surface area contributed by atoms with E-state index in [-0.39, 0.29) is 23.3 Å². The summed E-state index contributed by atoms with van der Waals surface area (Å²) in [7, 11) is 0. The van der Waals surface area contributed by atoms with Gasteiger partial charge in [0, 0.05) is 18.2 Å². The monoisotopic (exact) mass is 582 g/mol. The van der Waals surface area contributed by atoms with Crippen LogP contribution in [0.15, 0.2) is 36.7 Å².